The molecule has 7 heteroatoms. The molecule has 3 heterocycles. The predicted molar refractivity (Wildman–Crippen MR) is 102 cm³/mol. The fraction of sp³-hybridized carbons (Fsp3) is 0.526. The molecule has 5 nitrogen and oxygen atoms in total. The molecule has 1 fully saturated rings. The summed E-state index contributed by atoms with van der Waals surface area (Å²) >= 11 is 1.22. The lowest BCUT2D eigenvalue weighted by atomic mass is 9.91. The molecule has 1 aliphatic heterocycles. The topological polar surface area (TPSA) is 58.1 Å². The van der Waals surface area contributed by atoms with Crippen molar-refractivity contribution in [3.8, 4) is 0 Å². The van der Waals surface area contributed by atoms with Gasteiger partial charge in [-0.2, -0.15) is 9.37 Å². The van der Waals surface area contributed by atoms with E-state index in [1.165, 1.54) is 30.2 Å². The molecule has 1 amide bonds. The number of carbonyl (C=O) groups excluding carboxylic acids is 1. The van der Waals surface area contributed by atoms with Gasteiger partial charge in [-0.05, 0) is 63.3 Å². The van der Waals surface area contributed by atoms with E-state index in [4.69, 9.17) is 0 Å². The lowest BCUT2D eigenvalue weighted by molar-refractivity contribution is -0.114. The Hall–Kier alpha value is -1.86. The van der Waals surface area contributed by atoms with Gasteiger partial charge in [-0.3, -0.25) is 14.7 Å². The van der Waals surface area contributed by atoms with Gasteiger partial charge >= 0.3 is 0 Å². The van der Waals surface area contributed by atoms with Gasteiger partial charge in [-0.1, -0.05) is 11.3 Å². The summed E-state index contributed by atoms with van der Waals surface area (Å²) in [6.07, 6.45) is 3.34. The van der Waals surface area contributed by atoms with Crippen LogP contribution in [0.4, 0.5) is 9.52 Å². The minimum Gasteiger partial charge on any atom is -0.302 e. The van der Waals surface area contributed by atoms with Gasteiger partial charge in [0, 0.05) is 31.4 Å². The molecular weight excluding hydrogens is 351 g/mol. The summed E-state index contributed by atoms with van der Waals surface area (Å²) in [6, 6.07) is 4.32. The lowest BCUT2D eigenvalue weighted by Gasteiger charge is -2.32. The second-order valence-corrected chi connectivity index (χ2v) is 8.20. The Kier molecular flexibility index (Phi) is 5.98. The van der Waals surface area contributed by atoms with Crippen LogP contribution in [0, 0.1) is 25.7 Å². The predicted octanol–water partition coefficient (Wildman–Crippen LogP) is 3.71. The number of amides is 1. The number of thiazole rings is 1. The van der Waals surface area contributed by atoms with Gasteiger partial charge < -0.3 is 5.32 Å². The Balaban J connectivity index is 1.61. The third-order valence-corrected chi connectivity index (χ3v) is 5.50. The SMILES string of the molecule is CC(=O)Nc1nc(F)c(CN2CCC[C@H](Cc3cc(C)nc(C)c3)C2)s1. The van der Waals surface area contributed by atoms with Gasteiger partial charge in [0.05, 0.1) is 4.88 Å². The Bertz CT molecular complexity index is 772. The first kappa shape index (κ1) is 18.9. The normalized spacial score (nSPS) is 18.1. The van der Waals surface area contributed by atoms with Crippen LogP contribution in [0.5, 0.6) is 0 Å². The number of rotatable bonds is 5. The number of carbonyl (C=O) groups is 1. The molecule has 0 bridgehead atoms. The Morgan fingerprint density at radius 1 is 1.35 bits per heavy atom. The zero-order valence-corrected chi connectivity index (χ0v) is 16.3. The van der Waals surface area contributed by atoms with E-state index in [-0.39, 0.29) is 5.91 Å². The fourth-order valence-electron chi connectivity index (χ4n) is 3.67. The summed E-state index contributed by atoms with van der Waals surface area (Å²) in [5.74, 6) is -0.136. The number of nitrogens with one attached hydrogen (secondary N) is 1. The number of pyridine rings is 1. The maximum absolute atomic E-state index is 14.1. The van der Waals surface area contributed by atoms with Crippen molar-refractivity contribution in [3.63, 3.8) is 0 Å². The average molecular weight is 377 g/mol. The molecule has 2 aromatic heterocycles. The Labute approximate surface area is 157 Å². The van der Waals surface area contributed by atoms with E-state index >= 15 is 0 Å². The molecule has 0 aliphatic carbocycles. The second kappa shape index (κ2) is 8.22. The highest BCUT2D eigenvalue weighted by atomic mass is 32.1. The minimum absolute atomic E-state index is 0.230. The van der Waals surface area contributed by atoms with Crippen LogP contribution in [0.3, 0.4) is 0 Å². The van der Waals surface area contributed by atoms with E-state index in [0.717, 1.165) is 37.3 Å². The van der Waals surface area contributed by atoms with Crippen molar-refractivity contribution in [3.05, 3.63) is 39.9 Å². The van der Waals surface area contributed by atoms with Crippen LogP contribution in [0.2, 0.25) is 0 Å². The van der Waals surface area contributed by atoms with Gasteiger partial charge in [0.25, 0.3) is 0 Å². The number of anilines is 1. The van der Waals surface area contributed by atoms with Crippen LogP contribution in [-0.2, 0) is 17.8 Å². The Morgan fingerprint density at radius 3 is 2.77 bits per heavy atom. The molecule has 140 valence electrons. The van der Waals surface area contributed by atoms with Crippen molar-refractivity contribution in [2.45, 2.75) is 46.6 Å². The molecular formula is C19H25FN4OS. The first-order chi connectivity index (χ1) is 12.4. The number of likely N-dealkylation sites (tertiary alicyclic amines) is 1. The number of hydrogen-bond acceptors (Lipinski definition) is 5. The molecule has 0 aromatic carbocycles. The van der Waals surface area contributed by atoms with Gasteiger partial charge in [0.2, 0.25) is 11.9 Å². The number of aryl methyl sites for hydroxylation is 2. The average Bonchev–Trinajstić information content (AvgIpc) is 2.85. The van der Waals surface area contributed by atoms with Gasteiger partial charge in [0.1, 0.15) is 0 Å². The number of halogens is 1. The van der Waals surface area contributed by atoms with Crippen LogP contribution in [-0.4, -0.2) is 33.9 Å². The molecule has 0 radical (unpaired) electrons. The van der Waals surface area contributed by atoms with Gasteiger partial charge in [-0.25, -0.2) is 0 Å². The third kappa shape index (κ3) is 5.08. The fourth-order valence-corrected chi connectivity index (χ4v) is 4.60. The number of hydrogen-bond donors (Lipinski definition) is 1. The quantitative estimate of drug-likeness (QED) is 0.864. The summed E-state index contributed by atoms with van der Waals surface area (Å²) in [4.78, 5) is 22.2. The van der Waals surface area contributed by atoms with Crippen molar-refractivity contribution in [2.24, 2.45) is 5.92 Å². The third-order valence-electron chi connectivity index (χ3n) is 4.57. The van der Waals surface area contributed by atoms with Crippen LogP contribution in [0.25, 0.3) is 0 Å². The smallest absolute Gasteiger partial charge is 0.230 e. The summed E-state index contributed by atoms with van der Waals surface area (Å²) < 4.78 is 14.1. The zero-order valence-electron chi connectivity index (χ0n) is 15.5. The standard InChI is InChI=1S/C19H25FN4OS/c1-12-7-16(8-13(2)21-12)9-15-5-4-6-24(10-15)11-17-18(20)23-19(26-17)22-14(3)25/h7-8,15H,4-6,9-11H2,1-3H3,(H,22,23,25)/t15-/m1/s1. The molecule has 0 saturated carbocycles. The maximum atomic E-state index is 14.1. The first-order valence-electron chi connectivity index (χ1n) is 8.98. The van der Waals surface area contributed by atoms with Crippen molar-refractivity contribution < 1.29 is 9.18 Å². The molecule has 1 saturated heterocycles. The van der Waals surface area contributed by atoms with E-state index in [9.17, 15) is 9.18 Å². The monoisotopic (exact) mass is 376 g/mol. The van der Waals surface area contributed by atoms with E-state index < -0.39 is 5.95 Å². The first-order valence-corrected chi connectivity index (χ1v) is 9.80. The van der Waals surface area contributed by atoms with Crippen LogP contribution >= 0.6 is 11.3 Å². The molecule has 0 unspecified atom stereocenters. The van der Waals surface area contributed by atoms with E-state index in [1.807, 2.05) is 13.8 Å². The minimum atomic E-state index is -0.471. The van der Waals surface area contributed by atoms with Crippen LogP contribution in [0.1, 0.15) is 41.6 Å². The van der Waals surface area contributed by atoms with Crippen molar-refractivity contribution in [1.29, 1.82) is 0 Å². The van der Waals surface area contributed by atoms with Gasteiger partial charge in [0.15, 0.2) is 5.13 Å². The lowest BCUT2D eigenvalue weighted by Crippen LogP contribution is -2.35. The summed E-state index contributed by atoms with van der Waals surface area (Å²) in [5.41, 5.74) is 3.45. The summed E-state index contributed by atoms with van der Waals surface area (Å²) in [6.45, 7) is 7.93. The van der Waals surface area contributed by atoms with Crippen LogP contribution < -0.4 is 5.32 Å². The van der Waals surface area contributed by atoms with Crippen molar-refractivity contribution >= 4 is 22.4 Å². The molecule has 2 aromatic rings. The molecule has 1 aliphatic rings. The maximum Gasteiger partial charge on any atom is 0.230 e. The molecule has 26 heavy (non-hydrogen) atoms. The summed E-state index contributed by atoms with van der Waals surface area (Å²) in [7, 11) is 0. The molecule has 1 atom stereocenters. The van der Waals surface area contributed by atoms with Crippen LogP contribution in [0.15, 0.2) is 12.1 Å². The highest BCUT2D eigenvalue weighted by Gasteiger charge is 2.23. The van der Waals surface area contributed by atoms with E-state index in [1.54, 1.807) is 0 Å². The Morgan fingerprint density at radius 2 is 2.08 bits per heavy atom. The number of piperidine rings is 1. The highest BCUT2D eigenvalue weighted by molar-refractivity contribution is 7.15. The van der Waals surface area contributed by atoms with E-state index in [2.05, 4.69) is 32.3 Å². The second-order valence-electron chi connectivity index (χ2n) is 7.12. The molecule has 1 N–H and O–H groups in total. The summed E-state index contributed by atoms with van der Waals surface area (Å²) in [5, 5.41) is 2.89. The van der Waals surface area contributed by atoms with Crippen molar-refractivity contribution in [2.75, 3.05) is 18.4 Å². The number of nitrogens with zero attached hydrogens (tertiary/aromatic N) is 3. The highest BCUT2D eigenvalue weighted by Crippen LogP contribution is 2.27. The van der Waals surface area contributed by atoms with Crippen molar-refractivity contribution in [1.82, 2.24) is 14.9 Å². The zero-order chi connectivity index (χ0) is 18.7. The molecule has 0 spiro atoms. The number of aromatic nitrogens is 2. The largest absolute Gasteiger partial charge is 0.302 e. The molecule has 3 rings (SSSR count). The van der Waals surface area contributed by atoms with Gasteiger partial charge in [-0.15, -0.1) is 0 Å². The van der Waals surface area contributed by atoms with E-state index in [0.29, 0.717) is 22.5 Å².